The van der Waals surface area contributed by atoms with Crippen molar-refractivity contribution in [1.29, 1.82) is 0 Å². The molecule has 4 N–H and O–H groups in total. The maximum absolute atomic E-state index is 11.7. The van der Waals surface area contributed by atoms with E-state index < -0.39 is 24.3 Å². The van der Waals surface area contributed by atoms with Gasteiger partial charge in [0.2, 0.25) is 17.6 Å². The molecule has 0 saturated carbocycles. The molecule has 0 fully saturated rings. The summed E-state index contributed by atoms with van der Waals surface area (Å²) in [5.74, 6) is -2.65. The number of benzene rings is 1. The number of nitrogens with one attached hydrogen (secondary N) is 3. The predicted molar refractivity (Wildman–Crippen MR) is 77.9 cm³/mol. The summed E-state index contributed by atoms with van der Waals surface area (Å²) < 4.78 is 4.98. The van der Waals surface area contributed by atoms with E-state index in [1.165, 1.54) is 12.1 Å². The lowest BCUT2D eigenvalue weighted by Gasteiger charge is -2.08. The van der Waals surface area contributed by atoms with Crippen molar-refractivity contribution in [2.75, 3.05) is 19.0 Å². The molecule has 23 heavy (non-hydrogen) atoms. The SMILES string of the molecule is O=C(CCl)NCC(=O)NCC(=O)Oc1c(O)ccc2n[nH]nc12. The van der Waals surface area contributed by atoms with Gasteiger partial charge in [-0.05, 0) is 12.1 Å². The van der Waals surface area contributed by atoms with Crippen molar-refractivity contribution in [1.82, 2.24) is 26.0 Å². The number of esters is 1. The van der Waals surface area contributed by atoms with Gasteiger partial charge in [-0.2, -0.15) is 15.4 Å². The van der Waals surface area contributed by atoms with Crippen LogP contribution in [0.25, 0.3) is 11.0 Å². The number of halogens is 1. The minimum Gasteiger partial charge on any atom is -0.504 e. The fourth-order valence-corrected chi connectivity index (χ4v) is 1.68. The Balaban J connectivity index is 1.89. The Labute approximate surface area is 134 Å². The molecule has 0 atom stereocenters. The van der Waals surface area contributed by atoms with Crippen molar-refractivity contribution in [3.8, 4) is 11.5 Å². The number of aromatic amines is 1. The summed E-state index contributed by atoms with van der Waals surface area (Å²) >= 11 is 5.25. The number of phenols is 1. The second-order valence-electron chi connectivity index (χ2n) is 4.27. The van der Waals surface area contributed by atoms with Crippen LogP contribution in [0.5, 0.6) is 11.5 Å². The molecule has 10 nitrogen and oxygen atoms in total. The maximum atomic E-state index is 11.7. The van der Waals surface area contributed by atoms with Crippen LogP contribution >= 0.6 is 11.6 Å². The second-order valence-corrected chi connectivity index (χ2v) is 4.53. The first kappa shape index (κ1) is 16.5. The van der Waals surface area contributed by atoms with Crippen molar-refractivity contribution >= 4 is 40.4 Å². The minimum absolute atomic E-state index is 0.161. The minimum atomic E-state index is -0.826. The first-order valence-electron chi connectivity index (χ1n) is 6.33. The zero-order valence-corrected chi connectivity index (χ0v) is 12.4. The zero-order valence-electron chi connectivity index (χ0n) is 11.6. The lowest BCUT2D eigenvalue weighted by atomic mass is 10.2. The molecule has 2 aromatic rings. The summed E-state index contributed by atoms with van der Waals surface area (Å²) in [5.41, 5.74) is 0.581. The van der Waals surface area contributed by atoms with Gasteiger partial charge in [-0.3, -0.25) is 9.59 Å². The number of fused-ring (bicyclic) bond motifs is 1. The number of carbonyl (C=O) groups excluding carboxylic acids is 3. The molecule has 1 aromatic heterocycles. The maximum Gasteiger partial charge on any atom is 0.331 e. The highest BCUT2D eigenvalue weighted by Crippen LogP contribution is 2.32. The monoisotopic (exact) mass is 341 g/mol. The fourth-order valence-electron chi connectivity index (χ4n) is 1.59. The van der Waals surface area contributed by atoms with Crippen molar-refractivity contribution < 1.29 is 24.2 Å². The van der Waals surface area contributed by atoms with E-state index in [-0.39, 0.29) is 29.4 Å². The number of rotatable bonds is 6. The summed E-state index contributed by atoms with van der Waals surface area (Å²) in [4.78, 5) is 34.0. The van der Waals surface area contributed by atoms with Gasteiger partial charge >= 0.3 is 5.97 Å². The Morgan fingerprint density at radius 3 is 2.65 bits per heavy atom. The lowest BCUT2D eigenvalue weighted by molar-refractivity contribution is -0.135. The number of aromatic hydroxyl groups is 1. The van der Waals surface area contributed by atoms with Gasteiger partial charge < -0.3 is 20.5 Å². The van der Waals surface area contributed by atoms with Crippen LogP contribution in [-0.2, 0) is 14.4 Å². The summed E-state index contributed by atoms with van der Waals surface area (Å²) in [7, 11) is 0. The topological polar surface area (TPSA) is 146 Å². The van der Waals surface area contributed by atoms with E-state index in [9.17, 15) is 19.5 Å². The summed E-state index contributed by atoms with van der Waals surface area (Å²) in [6, 6.07) is 2.79. The highest BCUT2D eigenvalue weighted by Gasteiger charge is 2.16. The number of hydrogen-bond donors (Lipinski definition) is 4. The van der Waals surface area contributed by atoms with E-state index >= 15 is 0 Å². The number of aromatic nitrogens is 3. The van der Waals surface area contributed by atoms with Crippen LogP contribution in [0, 0.1) is 0 Å². The van der Waals surface area contributed by atoms with Gasteiger partial charge in [0.15, 0.2) is 11.3 Å². The molecule has 0 bridgehead atoms. The van der Waals surface area contributed by atoms with Crippen LogP contribution in [0.4, 0.5) is 0 Å². The van der Waals surface area contributed by atoms with Gasteiger partial charge in [-0.15, -0.1) is 11.6 Å². The quantitative estimate of drug-likeness (QED) is 0.300. The average molecular weight is 342 g/mol. The first-order chi connectivity index (χ1) is 11.0. The molecule has 11 heteroatoms. The van der Waals surface area contributed by atoms with Gasteiger partial charge in [-0.25, -0.2) is 4.79 Å². The van der Waals surface area contributed by atoms with Gasteiger partial charge in [0.1, 0.15) is 17.9 Å². The van der Waals surface area contributed by atoms with E-state index in [4.69, 9.17) is 16.3 Å². The Hall–Kier alpha value is -2.88. The van der Waals surface area contributed by atoms with Crippen molar-refractivity contribution in [2.45, 2.75) is 0 Å². The van der Waals surface area contributed by atoms with Crippen LogP contribution in [0.2, 0.25) is 0 Å². The molecule has 0 aliphatic carbocycles. The number of amides is 2. The van der Waals surface area contributed by atoms with Crippen molar-refractivity contribution in [3.63, 3.8) is 0 Å². The third kappa shape index (κ3) is 4.30. The standard InChI is InChI=1S/C12H12ClN5O5/c13-3-8(20)14-4-9(21)15-5-10(22)23-12-7(19)2-1-6-11(12)17-18-16-6/h1-2,19H,3-5H2,(H,14,20)(H,15,21)(H,16,17,18). The molecule has 0 spiro atoms. The van der Waals surface area contributed by atoms with Crippen molar-refractivity contribution in [3.05, 3.63) is 12.1 Å². The molecular formula is C12H12ClN5O5. The summed E-state index contributed by atoms with van der Waals surface area (Å²) in [6.07, 6.45) is 0. The van der Waals surface area contributed by atoms with Gasteiger partial charge in [0.25, 0.3) is 0 Å². The molecule has 0 unspecified atom stereocenters. The molecule has 122 valence electrons. The second kappa shape index (κ2) is 7.40. The molecule has 1 heterocycles. The van der Waals surface area contributed by atoms with Crippen LogP contribution < -0.4 is 15.4 Å². The number of H-pyrrole nitrogens is 1. The number of alkyl halides is 1. The third-order valence-electron chi connectivity index (χ3n) is 2.63. The molecule has 0 saturated heterocycles. The lowest BCUT2D eigenvalue weighted by Crippen LogP contribution is -2.40. The highest BCUT2D eigenvalue weighted by molar-refractivity contribution is 6.27. The number of phenolic OH excluding ortho intramolecular Hbond substituents is 1. The molecule has 0 aliphatic heterocycles. The van der Waals surface area contributed by atoms with Crippen molar-refractivity contribution in [2.24, 2.45) is 0 Å². The largest absolute Gasteiger partial charge is 0.504 e. The van der Waals surface area contributed by atoms with E-state index in [1.54, 1.807) is 0 Å². The number of hydrogen-bond acceptors (Lipinski definition) is 7. The first-order valence-corrected chi connectivity index (χ1v) is 6.87. The Bertz CT molecular complexity index is 747. The van der Waals surface area contributed by atoms with Crippen LogP contribution in [0.3, 0.4) is 0 Å². The molecule has 0 aliphatic rings. The number of nitrogens with zero attached hydrogens (tertiary/aromatic N) is 2. The third-order valence-corrected chi connectivity index (χ3v) is 2.88. The van der Waals surface area contributed by atoms with Gasteiger partial charge in [0, 0.05) is 0 Å². The van der Waals surface area contributed by atoms with Crippen LogP contribution in [0.1, 0.15) is 0 Å². The van der Waals surface area contributed by atoms with E-state index in [0.717, 1.165) is 0 Å². The smallest absolute Gasteiger partial charge is 0.331 e. The average Bonchev–Trinajstić information content (AvgIpc) is 3.02. The summed E-state index contributed by atoms with van der Waals surface area (Å²) in [5, 5.41) is 24.1. The Morgan fingerprint density at radius 1 is 1.17 bits per heavy atom. The fraction of sp³-hybridized carbons (Fsp3) is 0.250. The normalized spacial score (nSPS) is 10.3. The molecular weight excluding hydrogens is 330 g/mol. The number of ether oxygens (including phenoxy) is 1. The van der Waals surface area contributed by atoms with Crippen LogP contribution in [0.15, 0.2) is 12.1 Å². The van der Waals surface area contributed by atoms with E-state index in [2.05, 4.69) is 26.0 Å². The molecule has 2 rings (SSSR count). The van der Waals surface area contributed by atoms with Crippen LogP contribution in [-0.4, -0.2) is 57.3 Å². The predicted octanol–water partition coefficient (Wildman–Crippen LogP) is -0.960. The van der Waals surface area contributed by atoms with E-state index in [1.807, 2.05) is 0 Å². The molecule has 1 aromatic carbocycles. The van der Waals surface area contributed by atoms with Gasteiger partial charge in [-0.1, -0.05) is 0 Å². The zero-order chi connectivity index (χ0) is 16.8. The Morgan fingerprint density at radius 2 is 1.91 bits per heavy atom. The summed E-state index contributed by atoms with van der Waals surface area (Å²) in [6.45, 7) is -0.772. The highest BCUT2D eigenvalue weighted by atomic mass is 35.5. The molecule has 0 radical (unpaired) electrons. The Kier molecular flexibility index (Phi) is 5.31. The number of carbonyl (C=O) groups is 3. The molecule has 2 amide bonds. The van der Waals surface area contributed by atoms with E-state index in [0.29, 0.717) is 5.52 Å². The van der Waals surface area contributed by atoms with Gasteiger partial charge in [0.05, 0.1) is 6.54 Å².